The maximum Gasteiger partial charge on any atom is 0.306 e. The van der Waals surface area contributed by atoms with Crippen molar-refractivity contribution in [3.63, 3.8) is 0 Å². The highest BCUT2D eigenvalue weighted by molar-refractivity contribution is 7.89. The van der Waals surface area contributed by atoms with Crippen LogP contribution in [-0.4, -0.2) is 50.9 Å². The minimum atomic E-state index is -4.05. The van der Waals surface area contributed by atoms with Crippen LogP contribution in [0.4, 0.5) is 5.69 Å². The van der Waals surface area contributed by atoms with Crippen molar-refractivity contribution in [3.8, 4) is 5.75 Å². The first-order chi connectivity index (χ1) is 13.8. The van der Waals surface area contributed by atoms with Gasteiger partial charge < -0.3 is 9.47 Å². The molecule has 156 valence electrons. The molecule has 0 radical (unpaired) electrons. The van der Waals surface area contributed by atoms with Gasteiger partial charge in [0.05, 0.1) is 30.5 Å². The number of methoxy groups -OCH3 is 2. The van der Waals surface area contributed by atoms with E-state index < -0.39 is 20.9 Å². The lowest BCUT2D eigenvalue weighted by Gasteiger charge is -2.22. The highest BCUT2D eigenvalue weighted by Gasteiger charge is 2.26. The minimum absolute atomic E-state index is 0.0916. The number of hydrogen-bond donors (Lipinski definition) is 0. The number of esters is 1. The fraction of sp³-hybridized carbons (Fsp3) is 0.316. The van der Waals surface area contributed by atoms with Crippen LogP contribution < -0.4 is 4.74 Å². The maximum absolute atomic E-state index is 13.1. The van der Waals surface area contributed by atoms with E-state index in [1.54, 1.807) is 19.2 Å². The fourth-order valence-corrected chi connectivity index (χ4v) is 4.10. The quantitative estimate of drug-likeness (QED) is 0.328. The number of hydrogen-bond acceptors (Lipinski definition) is 7. The molecule has 0 saturated carbocycles. The summed E-state index contributed by atoms with van der Waals surface area (Å²) in [6, 6.07) is 12.0. The predicted molar refractivity (Wildman–Crippen MR) is 105 cm³/mol. The highest BCUT2D eigenvalue weighted by atomic mass is 32.2. The van der Waals surface area contributed by atoms with Gasteiger partial charge >= 0.3 is 5.97 Å². The van der Waals surface area contributed by atoms with Crippen molar-refractivity contribution < 1.29 is 27.6 Å². The largest absolute Gasteiger partial charge is 0.497 e. The summed E-state index contributed by atoms with van der Waals surface area (Å²) in [5.74, 6) is 0.134. The van der Waals surface area contributed by atoms with Crippen molar-refractivity contribution in [1.29, 1.82) is 0 Å². The monoisotopic (exact) mass is 422 g/mol. The van der Waals surface area contributed by atoms with Gasteiger partial charge in [-0.1, -0.05) is 18.2 Å². The van der Waals surface area contributed by atoms with Crippen LogP contribution in [0.1, 0.15) is 12.0 Å². The molecule has 0 aromatic heterocycles. The number of nitro benzene ring substituents is 1. The number of rotatable bonds is 10. The zero-order valence-corrected chi connectivity index (χ0v) is 16.9. The molecular weight excluding hydrogens is 400 g/mol. The van der Waals surface area contributed by atoms with Crippen LogP contribution in [0.15, 0.2) is 53.4 Å². The molecule has 0 aliphatic carbocycles. The number of ether oxygens (including phenoxy) is 2. The van der Waals surface area contributed by atoms with Crippen molar-refractivity contribution in [3.05, 3.63) is 64.2 Å². The third-order valence-corrected chi connectivity index (χ3v) is 6.16. The van der Waals surface area contributed by atoms with Gasteiger partial charge in [-0.05, 0) is 30.2 Å². The molecule has 2 rings (SSSR count). The summed E-state index contributed by atoms with van der Waals surface area (Å²) in [6.45, 7) is -0.0117. The van der Waals surface area contributed by atoms with Gasteiger partial charge in [-0.15, -0.1) is 0 Å². The van der Waals surface area contributed by atoms with Gasteiger partial charge in [0, 0.05) is 25.2 Å². The smallest absolute Gasteiger partial charge is 0.306 e. The fourth-order valence-electron chi connectivity index (χ4n) is 2.62. The summed E-state index contributed by atoms with van der Waals surface area (Å²) in [4.78, 5) is 21.7. The Kier molecular flexibility index (Phi) is 7.68. The number of nitro groups is 1. The molecule has 9 nitrogen and oxygen atoms in total. The Morgan fingerprint density at radius 2 is 1.79 bits per heavy atom. The Hall–Kier alpha value is -2.98. The molecule has 0 N–H and O–H groups in total. The molecule has 10 heteroatoms. The highest BCUT2D eigenvalue weighted by Crippen LogP contribution is 2.22. The van der Waals surface area contributed by atoms with Gasteiger partial charge in [-0.3, -0.25) is 14.9 Å². The molecular formula is C19H22N2O7S. The molecule has 0 saturated heterocycles. The van der Waals surface area contributed by atoms with Crippen LogP contribution in [-0.2, 0) is 26.0 Å². The number of nitrogens with zero attached hydrogens (tertiary/aromatic N) is 2. The molecule has 0 bridgehead atoms. The zero-order valence-electron chi connectivity index (χ0n) is 16.1. The Morgan fingerprint density at radius 1 is 1.10 bits per heavy atom. The maximum atomic E-state index is 13.1. The number of carbonyl (C=O) groups excluding carboxylic acids is 1. The lowest BCUT2D eigenvalue weighted by atomic mass is 10.1. The number of non-ortho nitro benzene ring substituents is 1. The molecule has 0 aliphatic heterocycles. The van der Waals surface area contributed by atoms with E-state index in [0.29, 0.717) is 12.2 Å². The van der Waals surface area contributed by atoms with Crippen molar-refractivity contribution in [1.82, 2.24) is 4.31 Å². The van der Waals surface area contributed by atoms with Crippen LogP contribution in [0.5, 0.6) is 5.75 Å². The number of benzene rings is 2. The zero-order chi connectivity index (χ0) is 21.4. The summed E-state index contributed by atoms with van der Waals surface area (Å²) in [6.07, 6.45) is 0.257. The predicted octanol–water partition coefficient (Wildman–Crippen LogP) is 2.40. The van der Waals surface area contributed by atoms with Gasteiger partial charge in [0.25, 0.3) is 5.69 Å². The Balaban J connectivity index is 2.26. The standard InChI is InChI=1S/C19H22N2O7S/c1-27-17-8-6-15(7-9-17)10-12-20(13-11-19(22)28-2)29(25,26)18-5-3-4-16(14-18)21(23)24/h3-9,14H,10-13H2,1-2H3. The van der Waals surface area contributed by atoms with Crippen LogP contribution in [0.3, 0.4) is 0 Å². The summed E-state index contributed by atoms with van der Waals surface area (Å²) < 4.78 is 37.0. The molecule has 0 aliphatic rings. The molecule has 2 aromatic rings. The van der Waals surface area contributed by atoms with E-state index in [4.69, 9.17) is 4.74 Å². The van der Waals surface area contributed by atoms with Crippen molar-refractivity contribution in [2.24, 2.45) is 0 Å². The Labute approximate surface area is 169 Å². The summed E-state index contributed by atoms with van der Waals surface area (Å²) in [5, 5.41) is 11.0. The Bertz CT molecular complexity index is 959. The molecule has 0 atom stereocenters. The Morgan fingerprint density at radius 3 is 2.38 bits per heavy atom. The van der Waals surface area contributed by atoms with E-state index in [2.05, 4.69) is 4.74 Å². The number of carbonyl (C=O) groups is 1. The first kappa shape index (κ1) is 22.3. The first-order valence-electron chi connectivity index (χ1n) is 8.72. The second kappa shape index (κ2) is 9.99. The average molecular weight is 422 g/mol. The van der Waals surface area contributed by atoms with E-state index in [9.17, 15) is 23.3 Å². The van der Waals surface area contributed by atoms with E-state index in [-0.39, 0.29) is 30.1 Å². The number of sulfonamides is 1. The molecule has 2 aromatic carbocycles. The summed E-state index contributed by atoms with van der Waals surface area (Å²) >= 11 is 0. The van der Waals surface area contributed by atoms with Gasteiger partial charge in [0.15, 0.2) is 0 Å². The lowest BCUT2D eigenvalue weighted by molar-refractivity contribution is -0.385. The summed E-state index contributed by atoms with van der Waals surface area (Å²) in [5.41, 5.74) is 0.553. The molecule has 0 heterocycles. The second-order valence-electron chi connectivity index (χ2n) is 6.08. The van der Waals surface area contributed by atoms with Crippen molar-refractivity contribution >= 4 is 21.7 Å². The van der Waals surface area contributed by atoms with Gasteiger partial charge in [0.2, 0.25) is 10.0 Å². The first-order valence-corrected chi connectivity index (χ1v) is 10.2. The van der Waals surface area contributed by atoms with Crippen molar-refractivity contribution in [2.45, 2.75) is 17.7 Å². The summed E-state index contributed by atoms with van der Waals surface area (Å²) in [7, 11) is -1.28. The molecule has 0 unspecified atom stereocenters. The van der Waals surface area contributed by atoms with Crippen LogP contribution in [0.25, 0.3) is 0 Å². The molecule has 0 spiro atoms. The lowest BCUT2D eigenvalue weighted by Crippen LogP contribution is -2.35. The van der Waals surface area contributed by atoms with Crippen LogP contribution in [0.2, 0.25) is 0 Å². The van der Waals surface area contributed by atoms with Crippen LogP contribution >= 0.6 is 0 Å². The van der Waals surface area contributed by atoms with E-state index in [1.165, 1.54) is 25.3 Å². The third-order valence-electron chi connectivity index (χ3n) is 4.27. The SMILES string of the molecule is COC(=O)CCN(CCc1ccc(OC)cc1)S(=O)(=O)c1cccc([N+](=O)[O-])c1. The van der Waals surface area contributed by atoms with Crippen LogP contribution in [0, 0.1) is 10.1 Å². The van der Waals surface area contributed by atoms with E-state index in [0.717, 1.165) is 15.9 Å². The van der Waals surface area contributed by atoms with E-state index in [1.807, 2.05) is 12.1 Å². The van der Waals surface area contributed by atoms with Gasteiger partial charge in [0.1, 0.15) is 5.75 Å². The minimum Gasteiger partial charge on any atom is -0.497 e. The van der Waals surface area contributed by atoms with Crippen molar-refractivity contribution in [2.75, 3.05) is 27.3 Å². The topological polar surface area (TPSA) is 116 Å². The normalized spacial score (nSPS) is 11.3. The van der Waals surface area contributed by atoms with Gasteiger partial charge in [-0.25, -0.2) is 8.42 Å². The second-order valence-corrected chi connectivity index (χ2v) is 8.02. The third kappa shape index (κ3) is 6.00. The molecule has 0 amide bonds. The van der Waals surface area contributed by atoms with E-state index >= 15 is 0 Å². The molecule has 29 heavy (non-hydrogen) atoms. The average Bonchev–Trinajstić information content (AvgIpc) is 2.73. The van der Waals surface area contributed by atoms with Gasteiger partial charge in [-0.2, -0.15) is 4.31 Å². The molecule has 0 fully saturated rings.